The number of amides is 2. The van der Waals surface area contributed by atoms with E-state index >= 15 is 8.78 Å². The lowest BCUT2D eigenvalue weighted by atomic mass is 9.65. The number of benzene rings is 2. The van der Waals surface area contributed by atoms with Crippen LogP contribution in [0.3, 0.4) is 0 Å². The van der Waals surface area contributed by atoms with Gasteiger partial charge in [-0.2, -0.15) is 9.37 Å². The number of likely N-dealkylation sites (tertiary alicyclic amines) is 1. The van der Waals surface area contributed by atoms with E-state index in [2.05, 4.69) is 15.3 Å². The van der Waals surface area contributed by atoms with Crippen molar-refractivity contribution in [3.8, 4) is 22.5 Å². The number of nitrogens with one attached hydrogen (secondary N) is 1. The number of nitrogens with zero attached hydrogens (tertiary/aromatic N) is 3. The first-order chi connectivity index (χ1) is 20.9. The molecule has 2 amide bonds. The molecule has 1 unspecified atom stereocenters. The van der Waals surface area contributed by atoms with Gasteiger partial charge in [0, 0.05) is 43.0 Å². The second kappa shape index (κ2) is 11.1. The molecule has 9 nitrogen and oxygen atoms in total. The minimum atomic E-state index is -1.00. The molecule has 2 fully saturated rings. The standard InChI is InChI=1S/C33H37F2N5O4/c1-32(2,3)33(10-4-12-40(33)31(42)43)24-16-20(5-6-21(24)18-8-13-44-14-9-18)26-28(35)39-29(36)27(38-26)23-15-19-7-11-37-30(41)22(19)17-25(23)34/h5-6,15-18H,4,7-14H2,1-3H3,(H2,36,39)(H,37,41)(H,42,43). The van der Waals surface area contributed by atoms with Gasteiger partial charge in [-0.1, -0.05) is 32.9 Å². The molecule has 4 heterocycles. The van der Waals surface area contributed by atoms with E-state index in [0.717, 1.165) is 30.0 Å². The highest BCUT2D eigenvalue weighted by Gasteiger charge is 2.54. The van der Waals surface area contributed by atoms with Gasteiger partial charge in [-0.3, -0.25) is 9.69 Å². The maximum Gasteiger partial charge on any atom is 0.408 e. The van der Waals surface area contributed by atoms with Crippen molar-refractivity contribution in [3.05, 3.63) is 64.4 Å². The van der Waals surface area contributed by atoms with Gasteiger partial charge >= 0.3 is 6.09 Å². The number of aromatic nitrogens is 2. The van der Waals surface area contributed by atoms with Gasteiger partial charge in [0.15, 0.2) is 5.82 Å². The average molecular weight is 606 g/mol. The summed E-state index contributed by atoms with van der Waals surface area (Å²) in [5, 5.41) is 13.1. The number of halogens is 2. The number of anilines is 1. The summed E-state index contributed by atoms with van der Waals surface area (Å²) in [6.07, 6.45) is 2.37. The Labute approximate surface area is 254 Å². The third kappa shape index (κ3) is 4.87. The summed E-state index contributed by atoms with van der Waals surface area (Å²) in [6.45, 7) is 8.12. The number of ether oxygens (including phenoxy) is 1. The monoisotopic (exact) mass is 605 g/mol. The number of hydrogen-bond acceptors (Lipinski definition) is 6. The molecule has 0 bridgehead atoms. The van der Waals surface area contributed by atoms with E-state index < -0.39 is 28.8 Å². The SMILES string of the molecule is CC(C)(C)C1(c2cc(-c3nc(-c4cc5c(cc4F)C(=O)NCC5)c(N)nc3F)ccc2C2CCOCC2)CCCN1C(=O)O. The lowest BCUT2D eigenvalue weighted by Gasteiger charge is -2.49. The molecule has 0 saturated carbocycles. The highest BCUT2D eigenvalue weighted by Crippen LogP contribution is 2.54. The smallest absolute Gasteiger partial charge is 0.408 e. The van der Waals surface area contributed by atoms with E-state index in [-0.39, 0.29) is 40.2 Å². The van der Waals surface area contributed by atoms with Gasteiger partial charge in [0.2, 0.25) is 5.95 Å². The maximum atomic E-state index is 15.6. The maximum absolute atomic E-state index is 15.6. The van der Waals surface area contributed by atoms with Crippen LogP contribution in [0.2, 0.25) is 0 Å². The quantitative estimate of drug-likeness (QED) is 0.339. The molecule has 3 aliphatic heterocycles. The minimum Gasteiger partial charge on any atom is -0.465 e. The summed E-state index contributed by atoms with van der Waals surface area (Å²) in [6, 6.07) is 8.24. The summed E-state index contributed by atoms with van der Waals surface area (Å²) < 4.78 is 36.7. The predicted molar refractivity (Wildman–Crippen MR) is 161 cm³/mol. The highest BCUT2D eigenvalue weighted by atomic mass is 19.1. The Kier molecular flexibility index (Phi) is 7.55. The van der Waals surface area contributed by atoms with E-state index in [1.165, 1.54) is 11.0 Å². The number of rotatable bonds is 4. The van der Waals surface area contributed by atoms with Crippen molar-refractivity contribution >= 4 is 17.8 Å². The Morgan fingerprint density at radius 2 is 1.86 bits per heavy atom. The molecule has 2 saturated heterocycles. The van der Waals surface area contributed by atoms with Crippen LogP contribution in [0.15, 0.2) is 30.3 Å². The van der Waals surface area contributed by atoms with Gasteiger partial charge in [0.05, 0.1) is 5.54 Å². The fraction of sp³-hybridized carbons (Fsp3) is 0.455. The zero-order chi connectivity index (χ0) is 31.4. The molecule has 0 aliphatic carbocycles. The molecular weight excluding hydrogens is 568 g/mol. The van der Waals surface area contributed by atoms with Crippen LogP contribution in [0.1, 0.15) is 79.4 Å². The van der Waals surface area contributed by atoms with Crippen LogP contribution in [0.25, 0.3) is 22.5 Å². The summed E-state index contributed by atoms with van der Waals surface area (Å²) in [5.41, 5.74) is 7.72. The molecule has 0 radical (unpaired) electrons. The van der Waals surface area contributed by atoms with E-state index in [1.54, 1.807) is 6.07 Å². The molecule has 44 heavy (non-hydrogen) atoms. The zero-order valence-electron chi connectivity index (χ0n) is 25.2. The van der Waals surface area contributed by atoms with E-state index in [4.69, 9.17) is 10.5 Å². The average Bonchev–Trinajstić information content (AvgIpc) is 3.45. The molecule has 0 spiro atoms. The molecular formula is C33H37F2N5O4. The largest absolute Gasteiger partial charge is 0.465 e. The molecule has 11 heteroatoms. The highest BCUT2D eigenvalue weighted by molar-refractivity contribution is 5.97. The molecule has 3 aliphatic rings. The lowest BCUT2D eigenvalue weighted by molar-refractivity contribution is 0.0257. The number of nitrogen functional groups attached to an aromatic ring is 1. The van der Waals surface area contributed by atoms with Crippen molar-refractivity contribution in [1.29, 1.82) is 0 Å². The summed E-state index contributed by atoms with van der Waals surface area (Å²) in [4.78, 5) is 34.9. The first-order valence-electron chi connectivity index (χ1n) is 15.1. The van der Waals surface area contributed by atoms with Crippen LogP contribution in [0.5, 0.6) is 0 Å². The van der Waals surface area contributed by atoms with Crippen LogP contribution in [-0.2, 0) is 16.7 Å². The minimum absolute atomic E-state index is 0.0266. The fourth-order valence-electron chi connectivity index (χ4n) is 7.40. The number of carboxylic acid groups (broad SMARTS) is 1. The molecule has 3 aromatic rings. The van der Waals surface area contributed by atoms with Crippen LogP contribution in [0, 0.1) is 17.2 Å². The molecule has 6 rings (SSSR count). The number of hydrogen-bond donors (Lipinski definition) is 3. The molecule has 2 aromatic carbocycles. The fourth-order valence-corrected chi connectivity index (χ4v) is 7.40. The number of nitrogens with two attached hydrogens (primary N) is 1. The Morgan fingerprint density at radius 3 is 2.57 bits per heavy atom. The third-order valence-corrected chi connectivity index (χ3v) is 9.54. The van der Waals surface area contributed by atoms with Crippen molar-refractivity contribution in [2.24, 2.45) is 5.41 Å². The second-order valence-electron chi connectivity index (χ2n) is 12.9. The van der Waals surface area contributed by atoms with Crippen molar-refractivity contribution in [3.63, 3.8) is 0 Å². The first-order valence-corrected chi connectivity index (χ1v) is 15.1. The van der Waals surface area contributed by atoms with E-state index in [1.807, 2.05) is 32.9 Å². The Morgan fingerprint density at radius 1 is 1.11 bits per heavy atom. The second-order valence-corrected chi connectivity index (χ2v) is 12.9. The lowest BCUT2D eigenvalue weighted by Crippen LogP contribution is -2.53. The third-order valence-electron chi connectivity index (χ3n) is 9.54. The van der Waals surface area contributed by atoms with Crippen molar-refractivity contribution in [2.45, 2.75) is 64.3 Å². The van der Waals surface area contributed by atoms with E-state index in [9.17, 15) is 14.7 Å². The van der Waals surface area contributed by atoms with Crippen LogP contribution >= 0.6 is 0 Å². The number of carbonyl (C=O) groups excluding carboxylic acids is 1. The Balaban J connectivity index is 1.55. The van der Waals surface area contributed by atoms with Crippen LogP contribution in [0.4, 0.5) is 19.4 Å². The Bertz CT molecular complexity index is 1650. The first kappa shape index (κ1) is 29.9. The summed E-state index contributed by atoms with van der Waals surface area (Å²) in [5.74, 6) is -2.13. The topological polar surface area (TPSA) is 131 Å². The van der Waals surface area contributed by atoms with Gasteiger partial charge in [0.1, 0.15) is 17.2 Å². The van der Waals surface area contributed by atoms with Gasteiger partial charge in [-0.05, 0) is 78.3 Å². The van der Waals surface area contributed by atoms with Crippen LogP contribution < -0.4 is 11.1 Å². The van der Waals surface area contributed by atoms with Crippen molar-refractivity contribution in [2.75, 3.05) is 32.0 Å². The normalized spacial score (nSPS) is 20.8. The summed E-state index contributed by atoms with van der Waals surface area (Å²) in [7, 11) is 0. The van der Waals surface area contributed by atoms with Gasteiger partial charge in [-0.15, -0.1) is 0 Å². The molecule has 1 atom stereocenters. The number of carbonyl (C=O) groups is 2. The zero-order valence-corrected chi connectivity index (χ0v) is 25.2. The van der Waals surface area contributed by atoms with Gasteiger partial charge < -0.3 is 20.9 Å². The van der Waals surface area contributed by atoms with Gasteiger partial charge in [0.25, 0.3) is 5.91 Å². The van der Waals surface area contributed by atoms with Gasteiger partial charge in [-0.25, -0.2) is 14.2 Å². The van der Waals surface area contributed by atoms with Crippen molar-refractivity contribution in [1.82, 2.24) is 20.2 Å². The number of fused-ring (bicyclic) bond motifs is 1. The Hall–Kier alpha value is -4.12. The van der Waals surface area contributed by atoms with Crippen molar-refractivity contribution < 1.29 is 28.2 Å². The summed E-state index contributed by atoms with van der Waals surface area (Å²) >= 11 is 0. The molecule has 4 N–H and O–H groups in total. The molecule has 232 valence electrons. The predicted octanol–water partition coefficient (Wildman–Crippen LogP) is 5.87. The van der Waals surface area contributed by atoms with E-state index in [0.29, 0.717) is 56.7 Å². The van der Waals surface area contributed by atoms with Crippen LogP contribution in [-0.4, -0.2) is 58.3 Å². The molecule has 1 aromatic heterocycles.